The minimum atomic E-state index is 0.660. The van der Waals surface area contributed by atoms with Crippen molar-refractivity contribution in [2.45, 2.75) is 44.9 Å². The van der Waals surface area contributed by atoms with Crippen LogP contribution in [0.15, 0.2) is 0 Å². The molecule has 4 heteroatoms. The third-order valence-corrected chi connectivity index (χ3v) is 3.02. The van der Waals surface area contributed by atoms with Crippen LogP contribution in [0, 0.1) is 0 Å². The van der Waals surface area contributed by atoms with E-state index in [4.69, 9.17) is 14.2 Å². The molecule has 0 spiro atoms. The fourth-order valence-corrected chi connectivity index (χ4v) is 1.85. The summed E-state index contributed by atoms with van der Waals surface area (Å²) in [5.74, 6) is 0. The third-order valence-electron chi connectivity index (χ3n) is 3.02. The molecule has 0 aliphatic heterocycles. The van der Waals surface area contributed by atoms with Crippen LogP contribution in [0.25, 0.3) is 0 Å². The summed E-state index contributed by atoms with van der Waals surface area (Å²) in [6, 6.07) is 0. The molecule has 0 amide bonds. The summed E-state index contributed by atoms with van der Waals surface area (Å²) in [7, 11) is 3.70. The first-order valence-corrected chi connectivity index (χ1v) is 7.71. The highest BCUT2D eigenvalue weighted by Crippen LogP contribution is 2.06. The molecule has 0 unspecified atom stereocenters. The summed E-state index contributed by atoms with van der Waals surface area (Å²) >= 11 is 0. The van der Waals surface area contributed by atoms with E-state index in [-0.39, 0.29) is 0 Å². The van der Waals surface area contributed by atoms with Crippen LogP contribution in [0.2, 0.25) is 0 Å². The molecule has 0 aliphatic rings. The minimum Gasteiger partial charge on any atom is -0.382 e. The van der Waals surface area contributed by atoms with Gasteiger partial charge in [-0.15, -0.1) is 0 Å². The van der Waals surface area contributed by atoms with Crippen LogP contribution in [0.1, 0.15) is 44.9 Å². The Morgan fingerprint density at radius 3 is 1.79 bits per heavy atom. The molecule has 0 aliphatic carbocycles. The molecule has 0 saturated carbocycles. The fraction of sp³-hybridized carbons (Fsp3) is 1.00. The molecule has 0 bridgehead atoms. The standard InChI is InChI=1S/C15H33NO3/c1-16-10-8-6-4-3-5-7-9-11-18-14-15-19-13-12-17-2/h16H,3-15H2,1-2H3. The Bertz CT molecular complexity index is 140. The molecule has 0 fully saturated rings. The van der Waals surface area contributed by atoms with Gasteiger partial charge in [-0.3, -0.25) is 0 Å². The molecule has 0 atom stereocenters. The van der Waals surface area contributed by atoms with Gasteiger partial charge in [0.15, 0.2) is 0 Å². The predicted octanol–water partition coefficient (Wildman–Crippen LogP) is 2.62. The molecule has 19 heavy (non-hydrogen) atoms. The lowest BCUT2D eigenvalue weighted by Gasteiger charge is -2.05. The molecular weight excluding hydrogens is 242 g/mol. The maximum absolute atomic E-state index is 5.50. The summed E-state index contributed by atoms with van der Waals surface area (Å²) < 4.78 is 15.7. The molecule has 4 nitrogen and oxygen atoms in total. The number of ether oxygens (including phenoxy) is 3. The molecule has 0 aromatic carbocycles. The predicted molar refractivity (Wildman–Crippen MR) is 79.8 cm³/mol. The highest BCUT2D eigenvalue weighted by atomic mass is 16.5. The Morgan fingerprint density at radius 1 is 0.632 bits per heavy atom. The largest absolute Gasteiger partial charge is 0.382 e. The van der Waals surface area contributed by atoms with E-state index in [2.05, 4.69) is 5.32 Å². The van der Waals surface area contributed by atoms with Crippen molar-refractivity contribution >= 4 is 0 Å². The second-order valence-electron chi connectivity index (χ2n) is 4.80. The number of rotatable bonds is 16. The lowest BCUT2D eigenvalue weighted by atomic mass is 10.1. The summed E-state index contributed by atoms with van der Waals surface area (Å²) in [5.41, 5.74) is 0. The maximum atomic E-state index is 5.50. The molecule has 1 N–H and O–H groups in total. The van der Waals surface area contributed by atoms with Crippen molar-refractivity contribution in [3.8, 4) is 0 Å². The van der Waals surface area contributed by atoms with Gasteiger partial charge in [0.2, 0.25) is 0 Å². The SMILES string of the molecule is CNCCCCCCCCCOCCOCCOC. The Balaban J connectivity index is 2.88. The number of hydrogen-bond acceptors (Lipinski definition) is 4. The first kappa shape index (κ1) is 18.8. The van der Waals surface area contributed by atoms with Crippen molar-refractivity contribution in [1.82, 2.24) is 5.32 Å². The van der Waals surface area contributed by atoms with E-state index < -0.39 is 0 Å². The van der Waals surface area contributed by atoms with Gasteiger partial charge in [0.1, 0.15) is 0 Å². The van der Waals surface area contributed by atoms with E-state index in [1.165, 1.54) is 44.9 Å². The molecule has 116 valence electrons. The lowest BCUT2D eigenvalue weighted by molar-refractivity contribution is 0.0239. The third kappa shape index (κ3) is 17.8. The van der Waals surface area contributed by atoms with Crippen molar-refractivity contribution in [2.24, 2.45) is 0 Å². The highest BCUT2D eigenvalue weighted by molar-refractivity contribution is 4.47. The van der Waals surface area contributed by atoms with Gasteiger partial charge in [-0.25, -0.2) is 0 Å². The van der Waals surface area contributed by atoms with Gasteiger partial charge in [-0.05, 0) is 26.4 Å². The number of unbranched alkanes of at least 4 members (excludes halogenated alkanes) is 6. The molecule has 0 saturated heterocycles. The summed E-state index contributed by atoms with van der Waals surface area (Å²) in [6.07, 6.45) is 9.21. The lowest BCUT2D eigenvalue weighted by Crippen LogP contribution is -2.08. The zero-order valence-electron chi connectivity index (χ0n) is 12.9. The normalized spacial score (nSPS) is 11.1. The first-order valence-electron chi connectivity index (χ1n) is 7.71. The second kappa shape index (κ2) is 17.8. The van der Waals surface area contributed by atoms with E-state index in [0.717, 1.165) is 13.2 Å². The number of methoxy groups -OCH3 is 1. The van der Waals surface area contributed by atoms with Crippen molar-refractivity contribution in [1.29, 1.82) is 0 Å². The second-order valence-corrected chi connectivity index (χ2v) is 4.80. The van der Waals surface area contributed by atoms with Crippen LogP contribution in [0.3, 0.4) is 0 Å². The summed E-state index contributed by atoms with van der Waals surface area (Å²) in [6.45, 7) is 4.72. The average molecular weight is 275 g/mol. The number of hydrogen-bond donors (Lipinski definition) is 1. The molecular formula is C15H33NO3. The van der Waals surface area contributed by atoms with Crippen molar-refractivity contribution in [3.63, 3.8) is 0 Å². The minimum absolute atomic E-state index is 0.660. The van der Waals surface area contributed by atoms with E-state index >= 15 is 0 Å². The Morgan fingerprint density at radius 2 is 1.16 bits per heavy atom. The van der Waals surface area contributed by atoms with Gasteiger partial charge in [0.05, 0.1) is 26.4 Å². The van der Waals surface area contributed by atoms with Crippen LogP contribution in [0.4, 0.5) is 0 Å². The summed E-state index contributed by atoms with van der Waals surface area (Å²) in [4.78, 5) is 0. The highest BCUT2D eigenvalue weighted by Gasteiger charge is 1.93. The Hall–Kier alpha value is -0.160. The van der Waals surface area contributed by atoms with Crippen LogP contribution >= 0.6 is 0 Å². The molecule has 0 aromatic heterocycles. The van der Waals surface area contributed by atoms with Crippen LogP contribution < -0.4 is 5.32 Å². The van der Waals surface area contributed by atoms with Crippen molar-refractivity contribution < 1.29 is 14.2 Å². The van der Waals surface area contributed by atoms with Gasteiger partial charge in [-0.1, -0.05) is 32.1 Å². The molecule has 0 heterocycles. The van der Waals surface area contributed by atoms with E-state index in [1.54, 1.807) is 7.11 Å². The Kier molecular flexibility index (Phi) is 17.7. The Labute approximate surface area is 119 Å². The van der Waals surface area contributed by atoms with Gasteiger partial charge < -0.3 is 19.5 Å². The molecule has 0 rings (SSSR count). The van der Waals surface area contributed by atoms with Crippen LogP contribution in [-0.4, -0.2) is 53.7 Å². The molecule has 0 radical (unpaired) electrons. The quantitative estimate of drug-likeness (QED) is 0.440. The first-order chi connectivity index (χ1) is 9.41. The monoisotopic (exact) mass is 275 g/mol. The van der Waals surface area contributed by atoms with Crippen molar-refractivity contribution in [3.05, 3.63) is 0 Å². The fourth-order valence-electron chi connectivity index (χ4n) is 1.85. The van der Waals surface area contributed by atoms with E-state index in [9.17, 15) is 0 Å². The zero-order valence-corrected chi connectivity index (χ0v) is 12.9. The zero-order chi connectivity index (χ0) is 14.0. The molecule has 0 aromatic rings. The maximum Gasteiger partial charge on any atom is 0.0701 e. The van der Waals surface area contributed by atoms with Gasteiger partial charge in [0.25, 0.3) is 0 Å². The summed E-state index contributed by atoms with van der Waals surface area (Å²) in [5, 5.41) is 3.18. The van der Waals surface area contributed by atoms with Gasteiger partial charge >= 0.3 is 0 Å². The average Bonchev–Trinajstić information content (AvgIpc) is 2.43. The van der Waals surface area contributed by atoms with Crippen molar-refractivity contribution in [2.75, 3.05) is 53.7 Å². The van der Waals surface area contributed by atoms with Crippen LogP contribution in [-0.2, 0) is 14.2 Å². The van der Waals surface area contributed by atoms with E-state index in [1.807, 2.05) is 7.05 Å². The smallest absolute Gasteiger partial charge is 0.0701 e. The van der Waals surface area contributed by atoms with Crippen LogP contribution in [0.5, 0.6) is 0 Å². The van der Waals surface area contributed by atoms with Gasteiger partial charge in [0, 0.05) is 13.7 Å². The topological polar surface area (TPSA) is 39.7 Å². The number of nitrogens with one attached hydrogen (secondary N) is 1. The van der Waals surface area contributed by atoms with Gasteiger partial charge in [-0.2, -0.15) is 0 Å². The van der Waals surface area contributed by atoms with E-state index in [0.29, 0.717) is 26.4 Å².